The summed E-state index contributed by atoms with van der Waals surface area (Å²) in [5, 5.41) is 20.3. The monoisotopic (exact) mass is 353 g/mol. The van der Waals surface area contributed by atoms with Crippen molar-refractivity contribution in [3.05, 3.63) is 68.9 Å². The second-order valence-corrected chi connectivity index (χ2v) is 5.45. The number of nitro benzene ring substituents is 1. The van der Waals surface area contributed by atoms with Gasteiger partial charge in [0.2, 0.25) is 5.88 Å². The predicted molar refractivity (Wildman–Crippen MR) is 90.9 cm³/mol. The highest BCUT2D eigenvalue weighted by Gasteiger charge is 2.19. The summed E-state index contributed by atoms with van der Waals surface area (Å²) in [6.07, 6.45) is 1.34. The van der Waals surface area contributed by atoms with Gasteiger partial charge in [-0.15, -0.1) is 0 Å². The molecule has 26 heavy (non-hydrogen) atoms. The summed E-state index contributed by atoms with van der Waals surface area (Å²) in [6.45, 7) is 3.49. The van der Waals surface area contributed by atoms with Crippen LogP contribution in [0.25, 0.3) is 11.3 Å². The van der Waals surface area contributed by atoms with Gasteiger partial charge in [0, 0.05) is 5.56 Å². The number of furan rings is 2. The van der Waals surface area contributed by atoms with Gasteiger partial charge in [-0.25, -0.2) is 9.38 Å². The summed E-state index contributed by atoms with van der Waals surface area (Å²) in [5.41, 5.74) is 0.798. The lowest BCUT2D eigenvalue weighted by Crippen LogP contribution is -1.92. The van der Waals surface area contributed by atoms with E-state index in [1.54, 1.807) is 19.9 Å². The van der Waals surface area contributed by atoms with Gasteiger partial charge < -0.3 is 8.83 Å². The van der Waals surface area contributed by atoms with Crippen LogP contribution in [-0.4, -0.2) is 11.1 Å². The van der Waals surface area contributed by atoms with Crippen molar-refractivity contribution in [2.75, 3.05) is 0 Å². The van der Waals surface area contributed by atoms with Gasteiger partial charge in [0.1, 0.15) is 34.7 Å². The lowest BCUT2D eigenvalue weighted by molar-refractivity contribution is -0.384. The molecule has 0 N–H and O–H groups in total. The van der Waals surface area contributed by atoms with Crippen molar-refractivity contribution in [3.63, 3.8) is 0 Å². The first-order valence-electron chi connectivity index (χ1n) is 7.49. The average Bonchev–Trinajstić information content (AvgIpc) is 3.18. The highest BCUT2D eigenvalue weighted by atomic mass is 19.1. The third kappa shape index (κ3) is 3.10. The molecule has 7 nitrogen and oxygen atoms in total. The van der Waals surface area contributed by atoms with E-state index in [2.05, 4.69) is 4.99 Å². The molecule has 1 aromatic carbocycles. The van der Waals surface area contributed by atoms with Crippen molar-refractivity contribution < 1.29 is 18.1 Å². The number of aliphatic imine (C=N–C) groups is 1. The zero-order valence-corrected chi connectivity index (χ0v) is 13.8. The third-order valence-electron chi connectivity index (χ3n) is 3.84. The summed E-state index contributed by atoms with van der Waals surface area (Å²) in [4.78, 5) is 14.5. The Morgan fingerprint density at radius 3 is 2.73 bits per heavy atom. The van der Waals surface area contributed by atoms with Crippen LogP contribution in [0.15, 0.2) is 44.2 Å². The number of rotatable bonds is 4. The predicted octanol–water partition coefficient (Wildman–Crippen LogP) is 4.83. The molecule has 2 heterocycles. The van der Waals surface area contributed by atoms with Gasteiger partial charge in [-0.2, -0.15) is 5.26 Å². The van der Waals surface area contributed by atoms with Gasteiger partial charge in [-0.1, -0.05) is 0 Å². The molecule has 0 unspecified atom stereocenters. The molecule has 3 aromatic rings. The molecule has 2 aromatic heterocycles. The van der Waals surface area contributed by atoms with Crippen LogP contribution in [0.2, 0.25) is 0 Å². The maximum absolute atomic E-state index is 13.2. The molecular formula is C18H12FN3O4. The molecule has 3 rings (SSSR count). The van der Waals surface area contributed by atoms with Crippen LogP contribution >= 0.6 is 0 Å². The van der Waals surface area contributed by atoms with Crippen LogP contribution in [0.3, 0.4) is 0 Å². The van der Waals surface area contributed by atoms with Crippen molar-refractivity contribution in [3.8, 4) is 17.4 Å². The topological polar surface area (TPSA) is 106 Å². The summed E-state index contributed by atoms with van der Waals surface area (Å²) in [7, 11) is 0. The highest BCUT2D eigenvalue weighted by molar-refractivity contribution is 5.81. The Labute approximate surface area is 147 Å². The number of nitro groups is 1. The van der Waals surface area contributed by atoms with Gasteiger partial charge in [0.25, 0.3) is 5.69 Å². The van der Waals surface area contributed by atoms with Crippen molar-refractivity contribution in [2.45, 2.75) is 13.8 Å². The van der Waals surface area contributed by atoms with Crippen LogP contribution in [0.4, 0.5) is 16.0 Å². The number of halogens is 1. The van der Waals surface area contributed by atoms with Crippen molar-refractivity contribution in [1.29, 1.82) is 5.26 Å². The summed E-state index contributed by atoms with van der Waals surface area (Å²) >= 11 is 0. The van der Waals surface area contributed by atoms with Gasteiger partial charge in [0.15, 0.2) is 0 Å². The van der Waals surface area contributed by atoms with Crippen LogP contribution in [0.1, 0.15) is 22.6 Å². The summed E-state index contributed by atoms with van der Waals surface area (Å²) < 4.78 is 24.2. The molecule has 0 bridgehead atoms. The van der Waals surface area contributed by atoms with Crippen LogP contribution in [0.5, 0.6) is 0 Å². The van der Waals surface area contributed by atoms with Crippen LogP contribution in [0, 0.1) is 41.1 Å². The molecule has 0 saturated heterocycles. The Morgan fingerprint density at radius 1 is 1.27 bits per heavy atom. The van der Waals surface area contributed by atoms with Gasteiger partial charge >= 0.3 is 0 Å². The smallest absolute Gasteiger partial charge is 0.283 e. The number of nitrogens with zero attached hydrogens (tertiary/aromatic N) is 3. The minimum Gasteiger partial charge on any atom is -0.455 e. The van der Waals surface area contributed by atoms with Crippen molar-refractivity contribution in [2.24, 2.45) is 4.99 Å². The zero-order chi connectivity index (χ0) is 18.8. The molecular weight excluding hydrogens is 341 g/mol. The fraction of sp³-hybridized carbons (Fsp3) is 0.111. The maximum Gasteiger partial charge on any atom is 0.283 e. The minimum absolute atomic E-state index is 0.151. The molecule has 0 radical (unpaired) electrons. The quantitative estimate of drug-likeness (QED) is 0.379. The summed E-state index contributed by atoms with van der Waals surface area (Å²) in [6, 6.07) is 8.33. The molecule has 0 amide bonds. The molecule has 0 aliphatic rings. The molecule has 0 aliphatic carbocycles. The SMILES string of the molecule is Cc1oc(/N=C/c2ccc(-c3ccc(F)cc3[N+](=O)[O-])o2)c(C#N)c1C. The number of benzene rings is 1. The number of nitriles is 1. The van der Waals surface area contributed by atoms with E-state index in [0.29, 0.717) is 22.6 Å². The molecule has 130 valence electrons. The Balaban J connectivity index is 1.94. The lowest BCUT2D eigenvalue weighted by atomic mass is 10.1. The van der Waals surface area contributed by atoms with E-state index < -0.39 is 16.4 Å². The molecule has 0 aliphatic heterocycles. The second kappa shape index (κ2) is 6.64. The van der Waals surface area contributed by atoms with E-state index in [0.717, 1.165) is 12.1 Å². The Kier molecular flexibility index (Phi) is 4.37. The van der Waals surface area contributed by atoms with E-state index in [9.17, 15) is 14.5 Å². The van der Waals surface area contributed by atoms with Gasteiger partial charge in [0.05, 0.1) is 22.8 Å². The van der Waals surface area contributed by atoms with Gasteiger partial charge in [-0.3, -0.25) is 10.1 Å². The largest absolute Gasteiger partial charge is 0.455 e. The molecule has 0 atom stereocenters. The van der Waals surface area contributed by atoms with Crippen LogP contribution in [-0.2, 0) is 0 Å². The Morgan fingerprint density at radius 2 is 2.04 bits per heavy atom. The number of hydrogen-bond donors (Lipinski definition) is 0. The number of aryl methyl sites for hydroxylation is 1. The minimum atomic E-state index is -0.707. The first-order chi connectivity index (χ1) is 12.4. The molecule has 8 heteroatoms. The lowest BCUT2D eigenvalue weighted by Gasteiger charge is -1.99. The average molecular weight is 353 g/mol. The zero-order valence-electron chi connectivity index (χ0n) is 13.8. The van der Waals surface area contributed by atoms with E-state index in [4.69, 9.17) is 14.1 Å². The fourth-order valence-electron chi connectivity index (χ4n) is 2.39. The standard InChI is InChI=1S/C18H12FN3O4/c1-10-11(2)25-18(15(10)8-20)21-9-13-4-6-17(26-13)14-5-3-12(19)7-16(14)22(23)24/h3-7,9H,1-2H3/b21-9+. The van der Waals surface area contributed by atoms with Crippen molar-refractivity contribution >= 4 is 17.8 Å². The van der Waals surface area contributed by atoms with E-state index in [1.165, 1.54) is 18.3 Å². The first-order valence-corrected chi connectivity index (χ1v) is 7.49. The molecule has 0 saturated carbocycles. The van der Waals surface area contributed by atoms with E-state index in [-0.39, 0.29) is 17.2 Å². The van der Waals surface area contributed by atoms with Gasteiger partial charge in [-0.05, 0) is 38.1 Å². The highest BCUT2D eigenvalue weighted by Crippen LogP contribution is 2.32. The number of hydrogen-bond acceptors (Lipinski definition) is 6. The Hall–Kier alpha value is -3.73. The fourth-order valence-corrected chi connectivity index (χ4v) is 2.39. The van der Waals surface area contributed by atoms with E-state index in [1.807, 2.05) is 6.07 Å². The normalized spacial score (nSPS) is 11.0. The second-order valence-electron chi connectivity index (χ2n) is 5.45. The third-order valence-corrected chi connectivity index (χ3v) is 3.84. The molecule has 0 fully saturated rings. The first kappa shape index (κ1) is 17.1. The molecule has 0 spiro atoms. The maximum atomic E-state index is 13.2. The Bertz CT molecular complexity index is 1070. The van der Waals surface area contributed by atoms with Crippen molar-refractivity contribution in [1.82, 2.24) is 0 Å². The van der Waals surface area contributed by atoms with E-state index >= 15 is 0 Å². The van der Waals surface area contributed by atoms with Crippen LogP contribution < -0.4 is 0 Å². The summed E-state index contributed by atoms with van der Waals surface area (Å²) in [5.74, 6) is 0.546.